The minimum atomic E-state index is -0.0149. The van der Waals surface area contributed by atoms with Crippen molar-refractivity contribution in [2.24, 2.45) is 0 Å². The van der Waals surface area contributed by atoms with E-state index in [-0.39, 0.29) is 25.3 Å². The normalized spacial score (nSPS) is 17.9. The van der Waals surface area contributed by atoms with Crippen LogP contribution in [0.3, 0.4) is 0 Å². The summed E-state index contributed by atoms with van der Waals surface area (Å²) < 4.78 is 21.5. The highest BCUT2D eigenvalue weighted by Crippen LogP contribution is 2.35. The van der Waals surface area contributed by atoms with E-state index in [0.29, 0.717) is 23.8 Å². The number of amides is 1. The number of hydrogen-bond donors (Lipinski definition) is 1. The van der Waals surface area contributed by atoms with Crippen molar-refractivity contribution in [1.82, 2.24) is 4.90 Å². The first kappa shape index (κ1) is 18.3. The molecule has 2 aliphatic heterocycles. The molecular weight excluding hydrogens is 360 g/mol. The summed E-state index contributed by atoms with van der Waals surface area (Å²) in [6.45, 7) is 1.64. The van der Waals surface area contributed by atoms with Gasteiger partial charge in [-0.25, -0.2) is 0 Å². The lowest BCUT2D eigenvalue weighted by Gasteiger charge is -2.33. The zero-order chi connectivity index (χ0) is 19.3. The lowest BCUT2D eigenvalue weighted by Crippen LogP contribution is -2.46. The van der Waals surface area contributed by atoms with E-state index in [0.717, 1.165) is 30.8 Å². The number of hydrogen-bond acceptors (Lipinski definition) is 6. The van der Waals surface area contributed by atoms with Gasteiger partial charge in [0.15, 0.2) is 18.1 Å². The summed E-state index contributed by atoms with van der Waals surface area (Å²) in [6.07, 6.45) is 1.99. The molecule has 1 N–H and O–H groups in total. The largest absolute Gasteiger partial charge is 0.497 e. The average Bonchev–Trinajstić information content (AvgIpc) is 3.20. The average molecular weight is 384 g/mol. The highest BCUT2D eigenvalue weighted by atomic mass is 16.7. The monoisotopic (exact) mass is 384 g/mol. The molecule has 0 aliphatic carbocycles. The molecule has 0 saturated carbocycles. The summed E-state index contributed by atoms with van der Waals surface area (Å²) in [6, 6.07) is 13.4. The number of nitrogens with one attached hydrogen (secondary N) is 1. The van der Waals surface area contributed by atoms with Gasteiger partial charge in [0.2, 0.25) is 6.79 Å². The Morgan fingerprint density at radius 3 is 2.75 bits per heavy atom. The first-order valence-electron chi connectivity index (χ1n) is 9.42. The fourth-order valence-corrected chi connectivity index (χ4v) is 3.45. The maximum atomic E-state index is 12.6. The smallest absolute Gasteiger partial charge is 0.260 e. The Hall–Kier alpha value is -3.09. The molecule has 1 amide bonds. The lowest BCUT2D eigenvalue weighted by molar-refractivity contribution is -0.134. The lowest BCUT2D eigenvalue weighted by atomic mass is 10.1. The van der Waals surface area contributed by atoms with Gasteiger partial charge in [-0.15, -0.1) is 0 Å². The Bertz CT molecular complexity index is 824. The quantitative estimate of drug-likeness (QED) is 0.826. The number of carbonyl (C=O) groups excluding carboxylic acids is 1. The highest BCUT2D eigenvalue weighted by Gasteiger charge is 2.24. The SMILES string of the molecule is COc1ccc(NC2CCCN(C(=O)COc3ccc4c(c3)OCO4)C2)cc1. The van der Waals surface area contributed by atoms with Crippen LogP contribution in [-0.2, 0) is 4.79 Å². The molecule has 4 rings (SSSR count). The van der Waals surface area contributed by atoms with E-state index in [1.165, 1.54) is 0 Å². The predicted octanol–water partition coefficient (Wildman–Crippen LogP) is 2.91. The second kappa shape index (κ2) is 8.29. The number of likely N-dealkylation sites (tertiary alicyclic amines) is 1. The van der Waals surface area contributed by atoms with E-state index < -0.39 is 0 Å². The predicted molar refractivity (Wildman–Crippen MR) is 104 cm³/mol. The molecule has 2 aromatic carbocycles. The van der Waals surface area contributed by atoms with Crippen molar-refractivity contribution in [1.29, 1.82) is 0 Å². The van der Waals surface area contributed by atoms with Gasteiger partial charge in [0.25, 0.3) is 5.91 Å². The van der Waals surface area contributed by atoms with Crippen LogP contribution in [0.5, 0.6) is 23.0 Å². The van der Waals surface area contributed by atoms with Gasteiger partial charge in [-0.2, -0.15) is 0 Å². The molecule has 148 valence electrons. The molecule has 1 fully saturated rings. The molecule has 1 unspecified atom stereocenters. The molecule has 0 aromatic heterocycles. The Morgan fingerprint density at radius 2 is 1.93 bits per heavy atom. The fraction of sp³-hybridized carbons (Fsp3) is 0.381. The highest BCUT2D eigenvalue weighted by molar-refractivity contribution is 5.78. The summed E-state index contributed by atoms with van der Waals surface area (Å²) in [5, 5.41) is 3.50. The number of anilines is 1. The molecule has 1 saturated heterocycles. The van der Waals surface area contributed by atoms with E-state index in [1.807, 2.05) is 29.2 Å². The maximum Gasteiger partial charge on any atom is 0.260 e. The first-order chi connectivity index (χ1) is 13.7. The Morgan fingerprint density at radius 1 is 1.14 bits per heavy atom. The molecule has 0 radical (unpaired) electrons. The van der Waals surface area contributed by atoms with Crippen LogP contribution < -0.4 is 24.3 Å². The zero-order valence-electron chi connectivity index (χ0n) is 15.8. The molecule has 2 heterocycles. The third-order valence-electron chi connectivity index (χ3n) is 4.94. The number of fused-ring (bicyclic) bond motifs is 1. The van der Waals surface area contributed by atoms with Gasteiger partial charge < -0.3 is 29.2 Å². The van der Waals surface area contributed by atoms with Gasteiger partial charge in [0.05, 0.1) is 7.11 Å². The van der Waals surface area contributed by atoms with Crippen LogP contribution in [0.15, 0.2) is 42.5 Å². The summed E-state index contributed by atoms with van der Waals surface area (Å²) in [4.78, 5) is 14.4. The number of nitrogens with zero attached hydrogens (tertiary/aromatic N) is 1. The van der Waals surface area contributed by atoms with Crippen LogP contribution in [0.2, 0.25) is 0 Å². The molecule has 7 heteroatoms. The third kappa shape index (κ3) is 4.24. The topological polar surface area (TPSA) is 69.3 Å². The van der Waals surface area contributed by atoms with Crippen molar-refractivity contribution in [2.45, 2.75) is 18.9 Å². The zero-order valence-corrected chi connectivity index (χ0v) is 15.8. The molecule has 28 heavy (non-hydrogen) atoms. The van der Waals surface area contributed by atoms with Crippen molar-refractivity contribution in [3.05, 3.63) is 42.5 Å². The van der Waals surface area contributed by atoms with E-state index >= 15 is 0 Å². The molecule has 0 spiro atoms. The number of benzene rings is 2. The second-order valence-electron chi connectivity index (χ2n) is 6.86. The van der Waals surface area contributed by atoms with E-state index in [4.69, 9.17) is 18.9 Å². The van der Waals surface area contributed by atoms with Gasteiger partial charge in [0.1, 0.15) is 11.5 Å². The fourth-order valence-electron chi connectivity index (χ4n) is 3.45. The minimum absolute atomic E-state index is 0.00883. The van der Waals surface area contributed by atoms with Crippen LogP contribution in [0.1, 0.15) is 12.8 Å². The van der Waals surface area contributed by atoms with Crippen LogP contribution >= 0.6 is 0 Å². The van der Waals surface area contributed by atoms with Gasteiger partial charge in [-0.05, 0) is 49.2 Å². The van der Waals surface area contributed by atoms with Crippen molar-refractivity contribution in [3.8, 4) is 23.0 Å². The van der Waals surface area contributed by atoms with E-state index in [2.05, 4.69) is 5.32 Å². The third-order valence-corrected chi connectivity index (χ3v) is 4.94. The summed E-state index contributed by atoms with van der Waals surface area (Å²) in [5.41, 5.74) is 1.02. The summed E-state index contributed by atoms with van der Waals surface area (Å²) in [5.74, 6) is 2.75. The number of methoxy groups -OCH3 is 1. The van der Waals surface area contributed by atoms with Crippen LogP contribution in [0, 0.1) is 0 Å². The molecule has 0 bridgehead atoms. The second-order valence-corrected chi connectivity index (χ2v) is 6.86. The van der Waals surface area contributed by atoms with Gasteiger partial charge >= 0.3 is 0 Å². The Kier molecular flexibility index (Phi) is 5.41. The Balaban J connectivity index is 1.29. The number of ether oxygens (including phenoxy) is 4. The molecule has 7 nitrogen and oxygen atoms in total. The minimum Gasteiger partial charge on any atom is -0.497 e. The van der Waals surface area contributed by atoms with Crippen LogP contribution in [0.25, 0.3) is 0 Å². The standard InChI is InChI=1S/C21H24N2O5/c1-25-17-6-4-15(5-7-17)22-16-3-2-10-23(12-16)21(24)13-26-18-8-9-19-20(11-18)28-14-27-19/h4-9,11,16,22H,2-3,10,12-14H2,1H3. The van der Waals surface area contributed by atoms with Crippen LogP contribution in [-0.4, -0.2) is 50.4 Å². The van der Waals surface area contributed by atoms with E-state index in [1.54, 1.807) is 25.3 Å². The van der Waals surface area contributed by atoms with Gasteiger partial charge in [-0.1, -0.05) is 0 Å². The van der Waals surface area contributed by atoms with Crippen molar-refractivity contribution >= 4 is 11.6 Å². The molecule has 1 atom stereocenters. The molecule has 2 aromatic rings. The van der Waals surface area contributed by atoms with Crippen molar-refractivity contribution in [2.75, 3.05) is 38.9 Å². The maximum absolute atomic E-state index is 12.6. The first-order valence-corrected chi connectivity index (χ1v) is 9.42. The molecular formula is C21H24N2O5. The van der Waals surface area contributed by atoms with Gasteiger partial charge in [0, 0.05) is 30.9 Å². The molecule has 2 aliphatic rings. The summed E-state index contributed by atoms with van der Waals surface area (Å²) in [7, 11) is 1.65. The van der Waals surface area contributed by atoms with E-state index in [9.17, 15) is 4.79 Å². The number of carbonyl (C=O) groups is 1. The van der Waals surface area contributed by atoms with Crippen LogP contribution in [0.4, 0.5) is 5.69 Å². The van der Waals surface area contributed by atoms with Gasteiger partial charge in [-0.3, -0.25) is 4.79 Å². The van der Waals surface area contributed by atoms with Crippen molar-refractivity contribution in [3.63, 3.8) is 0 Å². The number of piperidine rings is 1. The Labute approximate surface area is 164 Å². The van der Waals surface area contributed by atoms with Crippen molar-refractivity contribution < 1.29 is 23.7 Å². The summed E-state index contributed by atoms with van der Waals surface area (Å²) >= 11 is 0. The number of rotatable bonds is 6.